The second kappa shape index (κ2) is 8.05. The minimum absolute atomic E-state index is 0.137. The van der Waals surface area contributed by atoms with Crippen molar-refractivity contribution >= 4 is 17.4 Å². The minimum atomic E-state index is -0.519. The van der Waals surface area contributed by atoms with Crippen LogP contribution in [0.15, 0.2) is 48.7 Å². The molecule has 8 nitrogen and oxygen atoms in total. The maximum atomic E-state index is 11.9. The van der Waals surface area contributed by atoms with Gasteiger partial charge in [-0.3, -0.25) is 9.20 Å². The molecule has 1 aliphatic heterocycles. The number of fused-ring (bicyclic) bond motifs is 2. The zero-order valence-electron chi connectivity index (χ0n) is 18.0. The third-order valence-corrected chi connectivity index (χ3v) is 5.72. The van der Waals surface area contributed by atoms with E-state index >= 15 is 0 Å². The van der Waals surface area contributed by atoms with Gasteiger partial charge in [0.25, 0.3) is 5.91 Å². The van der Waals surface area contributed by atoms with Crippen molar-refractivity contribution in [1.82, 2.24) is 19.4 Å². The monoisotopic (exact) mass is 428 g/mol. The Morgan fingerprint density at radius 3 is 2.78 bits per heavy atom. The molecule has 1 amide bonds. The van der Waals surface area contributed by atoms with E-state index in [0.717, 1.165) is 34.0 Å². The molecule has 1 atom stereocenters. The van der Waals surface area contributed by atoms with Gasteiger partial charge in [0.2, 0.25) is 0 Å². The third kappa shape index (κ3) is 3.48. The molecule has 8 heteroatoms. The van der Waals surface area contributed by atoms with Gasteiger partial charge in [0.15, 0.2) is 5.82 Å². The number of anilines is 1. The van der Waals surface area contributed by atoms with Crippen LogP contribution in [0.1, 0.15) is 45.7 Å². The maximum absolute atomic E-state index is 11.9. The Labute approximate surface area is 185 Å². The molecule has 4 heterocycles. The number of imidazole rings is 1. The lowest BCUT2D eigenvalue weighted by Gasteiger charge is -2.24. The number of aromatic nitrogens is 4. The fourth-order valence-electron chi connectivity index (χ4n) is 4.14. The van der Waals surface area contributed by atoms with E-state index in [1.54, 1.807) is 12.1 Å². The minimum Gasteiger partial charge on any atom is -0.376 e. The smallest absolute Gasteiger partial charge is 0.252 e. The van der Waals surface area contributed by atoms with Gasteiger partial charge in [-0.1, -0.05) is 37.3 Å². The number of nitrogens with zero attached hydrogens (tertiary/aromatic N) is 4. The van der Waals surface area contributed by atoms with Crippen molar-refractivity contribution in [3.63, 3.8) is 0 Å². The summed E-state index contributed by atoms with van der Waals surface area (Å²) in [7, 11) is 0. The molecule has 0 saturated carbocycles. The number of aryl methyl sites for hydroxylation is 1. The Morgan fingerprint density at radius 2 is 2.00 bits per heavy atom. The molecule has 162 valence electrons. The van der Waals surface area contributed by atoms with Crippen molar-refractivity contribution in [2.75, 3.05) is 11.9 Å². The van der Waals surface area contributed by atoms with Crippen LogP contribution in [0.4, 0.5) is 5.82 Å². The summed E-state index contributed by atoms with van der Waals surface area (Å²) < 4.78 is 7.61. The summed E-state index contributed by atoms with van der Waals surface area (Å²) in [6.07, 6.45) is 1.85. The van der Waals surface area contributed by atoms with Crippen LogP contribution < -0.4 is 11.1 Å². The van der Waals surface area contributed by atoms with Gasteiger partial charge < -0.3 is 15.8 Å². The highest BCUT2D eigenvalue weighted by Gasteiger charge is 2.26. The van der Waals surface area contributed by atoms with Crippen molar-refractivity contribution in [1.29, 1.82) is 0 Å². The zero-order chi connectivity index (χ0) is 22.2. The highest BCUT2D eigenvalue weighted by atomic mass is 16.5. The fourth-order valence-corrected chi connectivity index (χ4v) is 4.14. The number of amides is 1. The number of hydrogen-bond acceptors (Lipinski definition) is 6. The molecule has 1 aliphatic rings. The zero-order valence-corrected chi connectivity index (χ0v) is 18.0. The highest BCUT2D eigenvalue weighted by Crippen LogP contribution is 2.33. The van der Waals surface area contributed by atoms with Crippen molar-refractivity contribution in [3.05, 3.63) is 76.7 Å². The third-order valence-electron chi connectivity index (χ3n) is 5.72. The van der Waals surface area contributed by atoms with Crippen LogP contribution in [0.5, 0.6) is 0 Å². The summed E-state index contributed by atoms with van der Waals surface area (Å²) in [6.45, 7) is 5.70. The van der Waals surface area contributed by atoms with E-state index in [4.69, 9.17) is 20.4 Å². The summed E-state index contributed by atoms with van der Waals surface area (Å²) in [4.78, 5) is 26.3. The highest BCUT2D eigenvalue weighted by molar-refractivity contribution is 5.99. The van der Waals surface area contributed by atoms with E-state index in [1.807, 2.05) is 35.7 Å². The lowest BCUT2D eigenvalue weighted by Crippen LogP contribution is -2.20. The Morgan fingerprint density at radius 1 is 1.19 bits per heavy atom. The number of nitrogens with one attached hydrogen (secondary N) is 1. The molecular weight excluding hydrogens is 404 g/mol. The number of pyridine rings is 1. The van der Waals surface area contributed by atoms with E-state index in [9.17, 15) is 4.79 Å². The Hall–Kier alpha value is -3.78. The number of carbonyl (C=O) groups excluding carboxylic acids is 1. The predicted octanol–water partition coefficient (Wildman–Crippen LogP) is 3.44. The standard InChI is InChI=1S/C24H24N6O2/c1-14-12-32-13-18-19(14)28-23(29-22(18)26-11-16-7-4-3-5-8-16)20-15(2)27-24-17(21(25)31)9-6-10-30(20)24/h3-10,14H,11-13H2,1-2H3,(H2,25,31)(H,26,28,29). The van der Waals surface area contributed by atoms with Gasteiger partial charge >= 0.3 is 0 Å². The van der Waals surface area contributed by atoms with Crippen LogP contribution >= 0.6 is 0 Å². The lowest BCUT2D eigenvalue weighted by atomic mass is 10.0. The lowest BCUT2D eigenvalue weighted by molar-refractivity contribution is 0.0934. The maximum Gasteiger partial charge on any atom is 0.252 e. The Bertz CT molecular complexity index is 1320. The number of rotatable bonds is 5. The Kier molecular flexibility index (Phi) is 5.07. The van der Waals surface area contributed by atoms with Gasteiger partial charge in [-0.25, -0.2) is 15.0 Å². The molecule has 0 saturated heterocycles. The first-order valence-corrected chi connectivity index (χ1v) is 10.6. The van der Waals surface area contributed by atoms with Crippen LogP contribution in [-0.4, -0.2) is 31.9 Å². The first-order valence-electron chi connectivity index (χ1n) is 10.6. The Balaban J connectivity index is 1.65. The molecule has 32 heavy (non-hydrogen) atoms. The quantitative estimate of drug-likeness (QED) is 0.504. The molecule has 1 unspecified atom stereocenters. The number of hydrogen-bond donors (Lipinski definition) is 2. The number of primary amides is 1. The molecule has 0 bridgehead atoms. The summed E-state index contributed by atoms with van der Waals surface area (Å²) in [5.74, 6) is 0.924. The van der Waals surface area contributed by atoms with Gasteiger partial charge in [0.05, 0.1) is 30.2 Å². The summed E-state index contributed by atoms with van der Waals surface area (Å²) in [6, 6.07) is 13.6. The molecule has 0 radical (unpaired) electrons. The summed E-state index contributed by atoms with van der Waals surface area (Å²) >= 11 is 0. The summed E-state index contributed by atoms with van der Waals surface area (Å²) in [5, 5.41) is 3.47. The summed E-state index contributed by atoms with van der Waals surface area (Å²) in [5.41, 5.74) is 11.0. The second-order valence-electron chi connectivity index (χ2n) is 8.04. The molecule has 1 aromatic carbocycles. The van der Waals surface area contributed by atoms with Gasteiger partial charge in [0, 0.05) is 24.2 Å². The van der Waals surface area contributed by atoms with E-state index < -0.39 is 5.91 Å². The topological polar surface area (TPSA) is 107 Å². The van der Waals surface area contributed by atoms with Crippen molar-refractivity contribution in [3.8, 4) is 11.5 Å². The molecule has 0 aliphatic carbocycles. The average Bonchev–Trinajstić information content (AvgIpc) is 3.14. The first kappa shape index (κ1) is 20.1. The number of ether oxygens (including phenoxy) is 1. The molecular formula is C24H24N6O2. The second-order valence-corrected chi connectivity index (χ2v) is 8.04. The van der Waals surface area contributed by atoms with Crippen LogP contribution in [0.3, 0.4) is 0 Å². The number of carbonyl (C=O) groups is 1. The molecule has 0 spiro atoms. The van der Waals surface area contributed by atoms with E-state index in [2.05, 4.69) is 29.4 Å². The van der Waals surface area contributed by atoms with Crippen LogP contribution in [0.25, 0.3) is 17.2 Å². The SMILES string of the molecule is Cc1nc2c(C(N)=O)cccn2c1-c1nc(NCc2ccccc2)c2c(n1)C(C)COC2. The average molecular weight is 428 g/mol. The van der Waals surface area contributed by atoms with Gasteiger partial charge in [-0.05, 0) is 24.6 Å². The van der Waals surface area contributed by atoms with Crippen LogP contribution in [0, 0.1) is 6.92 Å². The van der Waals surface area contributed by atoms with Crippen molar-refractivity contribution in [2.45, 2.75) is 32.9 Å². The van der Waals surface area contributed by atoms with Gasteiger partial charge in [0.1, 0.15) is 17.2 Å². The first-order chi connectivity index (χ1) is 15.5. The fraction of sp³-hybridized carbons (Fsp3) is 0.250. The normalized spacial score (nSPS) is 15.5. The van der Waals surface area contributed by atoms with E-state index in [-0.39, 0.29) is 5.92 Å². The van der Waals surface area contributed by atoms with Crippen molar-refractivity contribution in [2.24, 2.45) is 5.73 Å². The van der Waals surface area contributed by atoms with Crippen molar-refractivity contribution < 1.29 is 9.53 Å². The molecule has 5 rings (SSSR count). The largest absolute Gasteiger partial charge is 0.376 e. The molecule has 4 aromatic rings. The van der Waals surface area contributed by atoms with E-state index in [0.29, 0.717) is 36.8 Å². The molecule has 3 N–H and O–H groups in total. The van der Waals surface area contributed by atoms with Gasteiger partial charge in [-0.15, -0.1) is 0 Å². The number of benzene rings is 1. The van der Waals surface area contributed by atoms with E-state index in [1.165, 1.54) is 0 Å². The molecule has 0 fully saturated rings. The molecule has 3 aromatic heterocycles. The van der Waals surface area contributed by atoms with Crippen LogP contribution in [-0.2, 0) is 17.9 Å². The number of nitrogens with two attached hydrogens (primary N) is 1. The predicted molar refractivity (Wildman–Crippen MR) is 121 cm³/mol. The van der Waals surface area contributed by atoms with Gasteiger partial charge in [-0.2, -0.15) is 0 Å². The van der Waals surface area contributed by atoms with Crippen LogP contribution in [0.2, 0.25) is 0 Å².